The maximum absolute atomic E-state index is 5.59. The Labute approximate surface area is 89.5 Å². The maximum atomic E-state index is 5.59. The monoisotopic (exact) mass is 201 g/mol. The van der Waals surface area contributed by atoms with E-state index in [0.717, 1.165) is 22.3 Å². The van der Waals surface area contributed by atoms with E-state index in [4.69, 9.17) is 5.73 Å². The summed E-state index contributed by atoms with van der Waals surface area (Å²) in [6.07, 6.45) is 0. The van der Waals surface area contributed by atoms with Gasteiger partial charge in [-0.3, -0.25) is 0 Å². The van der Waals surface area contributed by atoms with Gasteiger partial charge in [-0.05, 0) is 29.8 Å². The van der Waals surface area contributed by atoms with Crippen molar-refractivity contribution in [2.75, 3.05) is 19.0 Å². The highest BCUT2D eigenvalue weighted by Gasteiger charge is 2.00. The fourth-order valence-corrected chi connectivity index (χ4v) is 1.54. The van der Waals surface area contributed by atoms with Crippen molar-refractivity contribution in [1.29, 1.82) is 0 Å². The summed E-state index contributed by atoms with van der Waals surface area (Å²) in [6, 6.07) is 10.2. The summed E-state index contributed by atoms with van der Waals surface area (Å²) in [5.41, 5.74) is 7.74. The molecule has 0 spiro atoms. The van der Waals surface area contributed by atoms with E-state index in [9.17, 15) is 0 Å². The molecule has 0 unspecified atom stereocenters. The van der Waals surface area contributed by atoms with E-state index in [0.29, 0.717) is 6.54 Å². The van der Waals surface area contributed by atoms with E-state index in [2.05, 4.69) is 17.1 Å². The van der Waals surface area contributed by atoms with E-state index in [1.807, 2.05) is 37.2 Å². The topological polar surface area (TPSA) is 42.1 Å². The molecule has 2 N–H and O–H groups in total. The lowest BCUT2D eigenvalue weighted by Crippen LogP contribution is -2.10. The molecule has 15 heavy (non-hydrogen) atoms. The van der Waals surface area contributed by atoms with Crippen LogP contribution < -0.4 is 10.6 Å². The number of benzene rings is 1. The Bertz CT molecular complexity index is 477. The van der Waals surface area contributed by atoms with E-state index < -0.39 is 0 Å². The van der Waals surface area contributed by atoms with Crippen LogP contribution in [0.5, 0.6) is 0 Å². The number of nitrogens with two attached hydrogens (primary N) is 1. The fraction of sp³-hybridized carbons (Fsp3) is 0.250. The smallest absolute Gasteiger partial charge is 0.128 e. The predicted molar refractivity (Wildman–Crippen MR) is 64.0 cm³/mol. The first kappa shape index (κ1) is 9.93. The zero-order chi connectivity index (χ0) is 10.8. The zero-order valence-electron chi connectivity index (χ0n) is 9.07. The van der Waals surface area contributed by atoms with E-state index in [-0.39, 0.29) is 0 Å². The normalized spacial score (nSPS) is 10.6. The van der Waals surface area contributed by atoms with Gasteiger partial charge in [0.15, 0.2) is 0 Å². The van der Waals surface area contributed by atoms with E-state index >= 15 is 0 Å². The molecule has 2 rings (SSSR count). The molecule has 0 atom stereocenters. The van der Waals surface area contributed by atoms with Crippen molar-refractivity contribution in [2.24, 2.45) is 5.73 Å². The number of nitrogens with zero attached hydrogens (tertiary/aromatic N) is 2. The molecule has 0 fully saturated rings. The summed E-state index contributed by atoms with van der Waals surface area (Å²) in [5, 5.41) is 1.14. The van der Waals surface area contributed by atoms with Crippen molar-refractivity contribution >= 4 is 16.7 Å². The minimum atomic E-state index is 0.575. The molecule has 0 aliphatic carbocycles. The average Bonchev–Trinajstić information content (AvgIpc) is 2.27. The number of rotatable bonds is 2. The van der Waals surface area contributed by atoms with Crippen LogP contribution in [0.4, 0.5) is 5.82 Å². The van der Waals surface area contributed by atoms with Crippen LogP contribution in [-0.2, 0) is 6.54 Å². The van der Waals surface area contributed by atoms with Crippen LogP contribution in [-0.4, -0.2) is 19.1 Å². The second-order valence-electron chi connectivity index (χ2n) is 3.80. The number of hydrogen-bond acceptors (Lipinski definition) is 3. The van der Waals surface area contributed by atoms with Crippen LogP contribution in [0.2, 0.25) is 0 Å². The highest BCUT2D eigenvalue weighted by Crippen LogP contribution is 2.17. The third-order valence-corrected chi connectivity index (χ3v) is 2.43. The molecule has 0 saturated carbocycles. The van der Waals surface area contributed by atoms with E-state index in [1.165, 1.54) is 0 Å². The Morgan fingerprint density at radius 1 is 1.20 bits per heavy atom. The van der Waals surface area contributed by atoms with Crippen LogP contribution in [0.3, 0.4) is 0 Å². The Morgan fingerprint density at radius 3 is 2.67 bits per heavy atom. The molecule has 2 aromatic rings. The number of anilines is 1. The molecule has 78 valence electrons. The molecule has 0 amide bonds. The van der Waals surface area contributed by atoms with Gasteiger partial charge in [-0.15, -0.1) is 0 Å². The van der Waals surface area contributed by atoms with Crippen molar-refractivity contribution in [3.63, 3.8) is 0 Å². The summed E-state index contributed by atoms with van der Waals surface area (Å²) in [6.45, 7) is 0.575. The molecule has 0 aliphatic rings. The van der Waals surface area contributed by atoms with Crippen LogP contribution >= 0.6 is 0 Å². The Hall–Kier alpha value is -1.61. The molecule has 1 heterocycles. The summed E-state index contributed by atoms with van der Waals surface area (Å²) in [5.74, 6) is 0.975. The van der Waals surface area contributed by atoms with Gasteiger partial charge in [0.05, 0.1) is 5.52 Å². The number of hydrogen-bond donors (Lipinski definition) is 1. The standard InChI is InChI=1S/C12H15N3/c1-15(2)12-6-4-10-7-9(8-13)3-5-11(10)14-12/h3-7H,8,13H2,1-2H3. The minimum Gasteiger partial charge on any atom is -0.363 e. The van der Waals surface area contributed by atoms with Crippen LogP contribution in [0, 0.1) is 0 Å². The summed E-state index contributed by atoms with van der Waals surface area (Å²) >= 11 is 0. The van der Waals surface area contributed by atoms with Gasteiger partial charge in [0, 0.05) is 26.0 Å². The van der Waals surface area contributed by atoms with Crippen molar-refractivity contribution in [2.45, 2.75) is 6.54 Å². The highest BCUT2D eigenvalue weighted by atomic mass is 15.1. The Balaban J connectivity index is 2.55. The van der Waals surface area contributed by atoms with Crippen molar-refractivity contribution in [3.05, 3.63) is 35.9 Å². The highest BCUT2D eigenvalue weighted by molar-refractivity contribution is 5.81. The third-order valence-electron chi connectivity index (χ3n) is 2.43. The number of pyridine rings is 1. The van der Waals surface area contributed by atoms with Gasteiger partial charge >= 0.3 is 0 Å². The molecule has 0 radical (unpaired) electrons. The molecule has 3 heteroatoms. The molecule has 1 aromatic carbocycles. The molecular weight excluding hydrogens is 186 g/mol. The van der Waals surface area contributed by atoms with Crippen molar-refractivity contribution < 1.29 is 0 Å². The molecular formula is C12H15N3. The van der Waals surface area contributed by atoms with Crippen LogP contribution in [0.1, 0.15) is 5.56 Å². The lowest BCUT2D eigenvalue weighted by Gasteiger charge is -2.11. The van der Waals surface area contributed by atoms with Crippen molar-refractivity contribution in [1.82, 2.24) is 4.98 Å². The average molecular weight is 201 g/mol. The Morgan fingerprint density at radius 2 is 2.00 bits per heavy atom. The lowest BCUT2D eigenvalue weighted by molar-refractivity contribution is 1.07. The SMILES string of the molecule is CN(C)c1ccc2cc(CN)ccc2n1. The zero-order valence-corrected chi connectivity index (χ0v) is 9.07. The predicted octanol–water partition coefficient (Wildman–Crippen LogP) is 1.76. The fourth-order valence-electron chi connectivity index (χ4n) is 1.54. The van der Waals surface area contributed by atoms with Gasteiger partial charge in [0.25, 0.3) is 0 Å². The molecule has 0 aliphatic heterocycles. The quantitative estimate of drug-likeness (QED) is 0.805. The second-order valence-corrected chi connectivity index (χ2v) is 3.80. The lowest BCUT2D eigenvalue weighted by atomic mass is 10.1. The summed E-state index contributed by atoms with van der Waals surface area (Å²) in [7, 11) is 3.98. The number of fused-ring (bicyclic) bond motifs is 1. The van der Waals surface area contributed by atoms with Gasteiger partial charge in [-0.2, -0.15) is 0 Å². The van der Waals surface area contributed by atoms with Gasteiger partial charge in [-0.1, -0.05) is 6.07 Å². The summed E-state index contributed by atoms with van der Waals surface area (Å²) < 4.78 is 0. The van der Waals surface area contributed by atoms with Gasteiger partial charge < -0.3 is 10.6 Å². The molecule has 3 nitrogen and oxygen atoms in total. The summed E-state index contributed by atoms with van der Waals surface area (Å²) in [4.78, 5) is 6.53. The first-order valence-electron chi connectivity index (χ1n) is 4.98. The van der Waals surface area contributed by atoms with E-state index in [1.54, 1.807) is 0 Å². The van der Waals surface area contributed by atoms with Crippen molar-refractivity contribution in [3.8, 4) is 0 Å². The van der Waals surface area contributed by atoms with Crippen LogP contribution in [0.15, 0.2) is 30.3 Å². The minimum absolute atomic E-state index is 0.575. The van der Waals surface area contributed by atoms with Gasteiger partial charge in [0.1, 0.15) is 5.82 Å². The van der Waals surface area contributed by atoms with Gasteiger partial charge in [0.2, 0.25) is 0 Å². The molecule has 0 bridgehead atoms. The maximum Gasteiger partial charge on any atom is 0.128 e. The van der Waals surface area contributed by atoms with Gasteiger partial charge in [-0.25, -0.2) is 4.98 Å². The molecule has 1 aromatic heterocycles. The third kappa shape index (κ3) is 1.92. The Kier molecular flexibility index (Phi) is 2.56. The largest absolute Gasteiger partial charge is 0.363 e. The molecule has 0 saturated heterocycles. The number of aromatic nitrogens is 1. The first-order valence-corrected chi connectivity index (χ1v) is 4.98. The van der Waals surface area contributed by atoms with Crippen LogP contribution in [0.25, 0.3) is 10.9 Å². The first-order chi connectivity index (χ1) is 7.20. The second kappa shape index (κ2) is 3.87.